The van der Waals surface area contributed by atoms with E-state index in [9.17, 15) is 5.26 Å². The molecule has 0 bridgehead atoms. The van der Waals surface area contributed by atoms with Crippen molar-refractivity contribution in [1.82, 2.24) is 15.0 Å². The molecule has 2 aromatic heterocycles. The van der Waals surface area contributed by atoms with Crippen molar-refractivity contribution in [1.29, 1.82) is 5.26 Å². The van der Waals surface area contributed by atoms with E-state index in [0.29, 0.717) is 23.0 Å². The third kappa shape index (κ3) is 3.90. The lowest BCUT2D eigenvalue weighted by atomic mass is 9.98. The number of furan rings is 1. The zero-order valence-electron chi connectivity index (χ0n) is 21.7. The van der Waals surface area contributed by atoms with Crippen LogP contribution in [0.25, 0.3) is 77.6 Å². The summed E-state index contributed by atoms with van der Waals surface area (Å²) in [5.41, 5.74) is 4.87. The lowest BCUT2D eigenvalue weighted by molar-refractivity contribution is 0.669. The van der Waals surface area contributed by atoms with Crippen LogP contribution in [0.1, 0.15) is 5.56 Å². The summed E-state index contributed by atoms with van der Waals surface area (Å²) >= 11 is 0. The van der Waals surface area contributed by atoms with Crippen molar-refractivity contribution >= 4 is 43.5 Å². The lowest BCUT2D eigenvalue weighted by Gasteiger charge is -2.10. The Balaban J connectivity index is 1.36. The van der Waals surface area contributed by atoms with Gasteiger partial charge < -0.3 is 4.42 Å². The van der Waals surface area contributed by atoms with Crippen LogP contribution in [0.2, 0.25) is 0 Å². The first-order valence-electron chi connectivity index (χ1n) is 13.3. The second-order valence-corrected chi connectivity index (χ2v) is 10.0. The number of benzene rings is 6. The molecule has 0 aliphatic rings. The maximum absolute atomic E-state index is 9.46. The topological polar surface area (TPSA) is 75.6 Å². The predicted molar refractivity (Wildman–Crippen MR) is 163 cm³/mol. The quantitative estimate of drug-likeness (QED) is 0.216. The number of aromatic nitrogens is 3. The van der Waals surface area contributed by atoms with Crippen LogP contribution in [0.4, 0.5) is 0 Å². The van der Waals surface area contributed by atoms with Crippen LogP contribution in [0.15, 0.2) is 126 Å². The highest BCUT2D eigenvalue weighted by Gasteiger charge is 2.15. The molecule has 0 aliphatic heterocycles. The molecule has 8 rings (SSSR count). The van der Waals surface area contributed by atoms with Crippen molar-refractivity contribution in [3.8, 4) is 40.2 Å². The Bertz CT molecular complexity index is 2330. The molecule has 0 saturated carbocycles. The minimum Gasteiger partial charge on any atom is -0.456 e. The maximum Gasteiger partial charge on any atom is 0.164 e. The molecule has 190 valence electrons. The molecule has 0 saturated heterocycles. The van der Waals surface area contributed by atoms with E-state index in [1.807, 2.05) is 66.7 Å². The Morgan fingerprint density at radius 2 is 1.12 bits per heavy atom. The summed E-state index contributed by atoms with van der Waals surface area (Å²) < 4.78 is 6.15. The Morgan fingerprint density at radius 1 is 0.463 bits per heavy atom. The minimum absolute atomic E-state index is 0.524. The van der Waals surface area contributed by atoms with E-state index in [2.05, 4.69) is 54.6 Å². The van der Waals surface area contributed by atoms with Gasteiger partial charge in [0.05, 0.1) is 11.6 Å². The molecule has 2 heterocycles. The van der Waals surface area contributed by atoms with Crippen molar-refractivity contribution < 1.29 is 4.42 Å². The summed E-state index contributed by atoms with van der Waals surface area (Å²) in [5, 5.41) is 16.2. The van der Waals surface area contributed by atoms with Crippen LogP contribution in [0.3, 0.4) is 0 Å². The fourth-order valence-electron chi connectivity index (χ4n) is 5.49. The number of para-hydroxylation sites is 1. The molecule has 0 N–H and O–H groups in total. The molecule has 0 amide bonds. The first-order valence-corrected chi connectivity index (χ1v) is 13.3. The lowest BCUT2D eigenvalue weighted by Crippen LogP contribution is -2.00. The molecule has 6 aromatic carbocycles. The zero-order chi connectivity index (χ0) is 27.3. The number of nitrogens with zero attached hydrogens (tertiary/aromatic N) is 4. The first kappa shape index (κ1) is 23.1. The van der Waals surface area contributed by atoms with Crippen LogP contribution in [-0.4, -0.2) is 15.0 Å². The second kappa shape index (κ2) is 9.11. The second-order valence-electron chi connectivity index (χ2n) is 10.0. The molecule has 0 spiro atoms. The third-order valence-electron chi connectivity index (χ3n) is 7.51. The van der Waals surface area contributed by atoms with E-state index < -0.39 is 0 Å². The van der Waals surface area contributed by atoms with E-state index in [1.54, 1.807) is 6.07 Å². The molecular formula is C36H20N4O. The Morgan fingerprint density at radius 3 is 1.95 bits per heavy atom. The molecule has 0 radical (unpaired) electrons. The Kier molecular flexibility index (Phi) is 5.13. The van der Waals surface area contributed by atoms with Crippen molar-refractivity contribution in [2.45, 2.75) is 0 Å². The number of hydrogen-bond donors (Lipinski definition) is 0. The number of fused-ring (bicyclic) bond motifs is 6. The summed E-state index contributed by atoms with van der Waals surface area (Å²) in [5.74, 6) is 1.68. The first-order chi connectivity index (χ1) is 20.2. The van der Waals surface area contributed by atoms with Gasteiger partial charge in [0.2, 0.25) is 0 Å². The predicted octanol–water partition coefficient (Wildman–Crippen LogP) is 8.95. The molecule has 5 nitrogen and oxygen atoms in total. The van der Waals surface area contributed by atoms with Crippen LogP contribution < -0.4 is 0 Å². The highest BCUT2D eigenvalue weighted by atomic mass is 16.3. The van der Waals surface area contributed by atoms with Crippen LogP contribution in [-0.2, 0) is 0 Å². The van der Waals surface area contributed by atoms with Gasteiger partial charge >= 0.3 is 0 Å². The smallest absolute Gasteiger partial charge is 0.164 e. The molecule has 5 heteroatoms. The normalized spacial score (nSPS) is 11.4. The van der Waals surface area contributed by atoms with Crippen molar-refractivity contribution in [2.75, 3.05) is 0 Å². The molecule has 0 fully saturated rings. The monoisotopic (exact) mass is 524 g/mol. The van der Waals surface area contributed by atoms with E-state index in [-0.39, 0.29) is 0 Å². The van der Waals surface area contributed by atoms with Gasteiger partial charge in [-0.05, 0) is 57.9 Å². The molecule has 0 aliphatic carbocycles. The van der Waals surface area contributed by atoms with Gasteiger partial charge in [-0.3, -0.25) is 0 Å². The molecule has 0 unspecified atom stereocenters. The average Bonchev–Trinajstić information content (AvgIpc) is 3.41. The largest absolute Gasteiger partial charge is 0.456 e. The van der Waals surface area contributed by atoms with Gasteiger partial charge in [-0.25, -0.2) is 15.0 Å². The molecule has 41 heavy (non-hydrogen) atoms. The van der Waals surface area contributed by atoms with E-state index in [0.717, 1.165) is 60.2 Å². The molecular weight excluding hydrogens is 504 g/mol. The van der Waals surface area contributed by atoms with Gasteiger partial charge in [-0.1, -0.05) is 84.9 Å². The zero-order valence-corrected chi connectivity index (χ0v) is 21.7. The summed E-state index contributed by atoms with van der Waals surface area (Å²) in [7, 11) is 0. The van der Waals surface area contributed by atoms with Gasteiger partial charge in [0, 0.05) is 27.5 Å². The van der Waals surface area contributed by atoms with Crippen LogP contribution in [0.5, 0.6) is 0 Å². The molecule has 0 atom stereocenters. The van der Waals surface area contributed by atoms with Crippen molar-refractivity contribution in [2.24, 2.45) is 0 Å². The van der Waals surface area contributed by atoms with Crippen molar-refractivity contribution in [3.05, 3.63) is 127 Å². The van der Waals surface area contributed by atoms with Crippen LogP contribution in [0, 0.1) is 11.3 Å². The minimum atomic E-state index is 0.524. The highest BCUT2D eigenvalue weighted by Crippen LogP contribution is 2.36. The van der Waals surface area contributed by atoms with Crippen LogP contribution >= 0.6 is 0 Å². The van der Waals surface area contributed by atoms with E-state index in [4.69, 9.17) is 19.4 Å². The highest BCUT2D eigenvalue weighted by molar-refractivity contribution is 6.16. The van der Waals surface area contributed by atoms with Gasteiger partial charge in [-0.15, -0.1) is 0 Å². The average molecular weight is 525 g/mol. The molecule has 8 aromatic rings. The van der Waals surface area contributed by atoms with Gasteiger partial charge in [0.1, 0.15) is 11.2 Å². The standard InChI is InChI=1S/C36H20N4O/c37-21-22-7-6-10-26(17-22)35-38-34(24-8-2-1-3-9-24)39-36(40-35)27-16-14-23-13-15-25-19-33-31(20-30(25)29(23)18-27)28-11-4-5-12-32(28)41-33/h1-20H. The van der Waals surface area contributed by atoms with Gasteiger partial charge in [0.15, 0.2) is 17.5 Å². The van der Waals surface area contributed by atoms with Gasteiger partial charge in [0.25, 0.3) is 0 Å². The van der Waals surface area contributed by atoms with E-state index in [1.165, 1.54) is 0 Å². The Hall–Kier alpha value is -5.86. The summed E-state index contributed by atoms with van der Waals surface area (Å²) in [6.07, 6.45) is 0. The number of nitriles is 1. The fraction of sp³-hybridized carbons (Fsp3) is 0. The van der Waals surface area contributed by atoms with E-state index >= 15 is 0 Å². The summed E-state index contributed by atoms with van der Waals surface area (Å²) in [6, 6.07) is 42.5. The summed E-state index contributed by atoms with van der Waals surface area (Å²) in [6.45, 7) is 0. The summed E-state index contributed by atoms with van der Waals surface area (Å²) in [4.78, 5) is 14.6. The van der Waals surface area contributed by atoms with Gasteiger partial charge in [-0.2, -0.15) is 5.26 Å². The number of rotatable bonds is 3. The fourth-order valence-corrected chi connectivity index (χ4v) is 5.49. The Labute approximate surface area is 235 Å². The third-order valence-corrected chi connectivity index (χ3v) is 7.51. The maximum atomic E-state index is 9.46. The van der Waals surface area contributed by atoms with Crippen molar-refractivity contribution in [3.63, 3.8) is 0 Å². The number of hydrogen-bond acceptors (Lipinski definition) is 5. The SMILES string of the molecule is N#Cc1cccc(-c2nc(-c3ccccc3)nc(-c3ccc4ccc5cc6oc7ccccc7c6cc5c4c3)n2)c1.